The molecule has 1 aliphatic carbocycles. The molecule has 4 heteroatoms. The molecule has 1 saturated carbocycles. The Kier molecular flexibility index (Phi) is 5.89. The topological polar surface area (TPSA) is 38.3 Å². The highest BCUT2D eigenvalue weighted by Crippen LogP contribution is 2.30. The van der Waals surface area contributed by atoms with Crippen LogP contribution >= 0.6 is 15.9 Å². The number of hydrogen-bond donors (Lipinski definition) is 1. The summed E-state index contributed by atoms with van der Waals surface area (Å²) in [6.07, 6.45) is 6.51. The summed E-state index contributed by atoms with van der Waals surface area (Å²) in [5.74, 6) is 1.11. The predicted molar refractivity (Wildman–Crippen MR) is 85.1 cm³/mol. The van der Waals surface area contributed by atoms with Gasteiger partial charge in [-0.3, -0.25) is 4.79 Å². The molecule has 1 N–H and O–H groups in total. The molecule has 1 amide bonds. The molecule has 0 aliphatic heterocycles. The molecule has 3 nitrogen and oxygen atoms in total. The molecule has 1 aromatic rings. The van der Waals surface area contributed by atoms with E-state index in [4.69, 9.17) is 4.74 Å². The van der Waals surface area contributed by atoms with Gasteiger partial charge in [0.1, 0.15) is 5.75 Å². The van der Waals surface area contributed by atoms with Crippen molar-refractivity contribution >= 4 is 27.5 Å². The van der Waals surface area contributed by atoms with E-state index in [-0.39, 0.29) is 11.8 Å². The van der Waals surface area contributed by atoms with Crippen molar-refractivity contribution in [3.05, 3.63) is 22.7 Å². The van der Waals surface area contributed by atoms with Gasteiger partial charge in [-0.15, -0.1) is 0 Å². The van der Waals surface area contributed by atoms with Crippen molar-refractivity contribution in [1.29, 1.82) is 0 Å². The van der Waals surface area contributed by atoms with Gasteiger partial charge >= 0.3 is 0 Å². The zero-order chi connectivity index (χ0) is 14.4. The number of carbonyl (C=O) groups is 1. The van der Waals surface area contributed by atoms with Crippen LogP contribution in [0.25, 0.3) is 0 Å². The van der Waals surface area contributed by atoms with E-state index in [1.807, 2.05) is 18.2 Å². The van der Waals surface area contributed by atoms with Gasteiger partial charge in [-0.1, -0.05) is 26.2 Å². The van der Waals surface area contributed by atoms with Gasteiger partial charge in [0.2, 0.25) is 5.91 Å². The summed E-state index contributed by atoms with van der Waals surface area (Å²) >= 11 is 3.48. The highest BCUT2D eigenvalue weighted by molar-refractivity contribution is 9.10. The summed E-state index contributed by atoms with van der Waals surface area (Å²) in [6.45, 7) is 2.85. The second kappa shape index (κ2) is 7.67. The predicted octanol–water partition coefficient (Wildman–Crippen LogP) is 4.76. The number of rotatable bonds is 6. The number of hydrogen-bond acceptors (Lipinski definition) is 2. The van der Waals surface area contributed by atoms with Crippen LogP contribution in [-0.4, -0.2) is 12.5 Å². The first kappa shape index (κ1) is 15.4. The molecule has 1 aromatic carbocycles. The number of anilines is 1. The number of benzene rings is 1. The van der Waals surface area contributed by atoms with E-state index < -0.39 is 0 Å². The van der Waals surface area contributed by atoms with E-state index in [0.717, 1.165) is 41.6 Å². The molecule has 0 unspecified atom stereocenters. The smallest absolute Gasteiger partial charge is 0.227 e. The number of unbranched alkanes of at least 4 members (excludes halogenated alkanes) is 1. The molecule has 110 valence electrons. The average molecular weight is 340 g/mol. The Morgan fingerprint density at radius 2 is 2.15 bits per heavy atom. The monoisotopic (exact) mass is 339 g/mol. The SMILES string of the molecule is CCCCOc1ccc(Br)c(NC(=O)C2CCCC2)c1. The average Bonchev–Trinajstić information content (AvgIpc) is 2.97. The van der Waals surface area contributed by atoms with E-state index in [0.29, 0.717) is 6.61 Å². The van der Waals surface area contributed by atoms with E-state index in [9.17, 15) is 4.79 Å². The molecule has 0 spiro atoms. The third kappa shape index (κ3) is 4.23. The lowest BCUT2D eigenvalue weighted by Crippen LogP contribution is -2.20. The highest BCUT2D eigenvalue weighted by Gasteiger charge is 2.23. The maximum atomic E-state index is 12.2. The Morgan fingerprint density at radius 1 is 1.40 bits per heavy atom. The highest BCUT2D eigenvalue weighted by atomic mass is 79.9. The minimum Gasteiger partial charge on any atom is -0.494 e. The second-order valence-electron chi connectivity index (χ2n) is 5.31. The molecule has 0 atom stereocenters. The number of nitrogens with one attached hydrogen (secondary N) is 1. The van der Waals surface area contributed by atoms with Crippen molar-refractivity contribution in [2.45, 2.75) is 45.4 Å². The lowest BCUT2D eigenvalue weighted by atomic mass is 10.1. The van der Waals surface area contributed by atoms with Gasteiger partial charge in [-0.05, 0) is 47.3 Å². The third-order valence-electron chi connectivity index (χ3n) is 3.69. The van der Waals surface area contributed by atoms with Crippen molar-refractivity contribution in [2.24, 2.45) is 5.92 Å². The standard InChI is InChI=1S/C16H22BrNO2/c1-2-3-10-20-13-8-9-14(17)15(11-13)18-16(19)12-6-4-5-7-12/h8-9,11-12H,2-7,10H2,1H3,(H,18,19). The molecule has 1 fully saturated rings. The second-order valence-corrected chi connectivity index (χ2v) is 6.17. The van der Waals surface area contributed by atoms with Crippen LogP contribution in [0.2, 0.25) is 0 Å². The van der Waals surface area contributed by atoms with Gasteiger partial charge in [0.15, 0.2) is 0 Å². The number of ether oxygens (including phenoxy) is 1. The number of amides is 1. The van der Waals surface area contributed by atoms with Crippen LogP contribution < -0.4 is 10.1 Å². The van der Waals surface area contributed by atoms with Gasteiger partial charge in [0.05, 0.1) is 12.3 Å². The first-order valence-electron chi connectivity index (χ1n) is 7.44. The largest absolute Gasteiger partial charge is 0.494 e. The van der Waals surface area contributed by atoms with Crippen LogP contribution in [0.1, 0.15) is 45.4 Å². The Balaban J connectivity index is 1.98. The fraction of sp³-hybridized carbons (Fsp3) is 0.562. The summed E-state index contributed by atoms with van der Waals surface area (Å²) in [5, 5.41) is 3.02. The summed E-state index contributed by atoms with van der Waals surface area (Å²) < 4.78 is 6.57. The van der Waals surface area contributed by atoms with Gasteiger partial charge in [0, 0.05) is 16.5 Å². The molecular weight excluding hydrogens is 318 g/mol. The molecule has 0 bridgehead atoms. The molecule has 2 rings (SSSR count). The molecule has 20 heavy (non-hydrogen) atoms. The van der Waals surface area contributed by atoms with Gasteiger partial charge in [-0.25, -0.2) is 0 Å². The zero-order valence-corrected chi connectivity index (χ0v) is 13.5. The van der Waals surface area contributed by atoms with Crippen LogP contribution in [0.5, 0.6) is 5.75 Å². The van der Waals surface area contributed by atoms with Crippen molar-refractivity contribution in [2.75, 3.05) is 11.9 Å². The zero-order valence-electron chi connectivity index (χ0n) is 12.0. The van der Waals surface area contributed by atoms with Crippen LogP contribution in [0.15, 0.2) is 22.7 Å². The summed E-state index contributed by atoms with van der Waals surface area (Å²) in [5.41, 5.74) is 0.802. The van der Waals surface area contributed by atoms with Gasteiger partial charge < -0.3 is 10.1 Å². The maximum Gasteiger partial charge on any atom is 0.227 e. The van der Waals surface area contributed by atoms with Crippen LogP contribution in [0.3, 0.4) is 0 Å². The van der Waals surface area contributed by atoms with Crippen LogP contribution in [0.4, 0.5) is 5.69 Å². The minimum absolute atomic E-state index is 0.133. The number of carbonyl (C=O) groups excluding carboxylic acids is 1. The molecule has 1 aliphatic rings. The summed E-state index contributed by atoms with van der Waals surface area (Å²) in [6, 6.07) is 5.74. The Morgan fingerprint density at radius 3 is 2.85 bits per heavy atom. The Bertz CT molecular complexity index is 456. The van der Waals surface area contributed by atoms with Crippen LogP contribution in [-0.2, 0) is 4.79 Å². The summed E-state index contributed by atoms with van der Waals surface area (Å²) in [7, 11) is 0. The van der Waals surface area contributed by atoms with Gasteiger partial charge in [-0.2, -0.15) is 0 Å². The quantitative estimate of drug-likeness (QED) is 0.759. The molecule has 0 saturated heterocycles. The van der Waals surface area contributed by atoms with E-state index in [1.54, 1.807) is 0 Å². The number of halogens is 1. The van der Waals surface area contributed by atoms with E-state index in [1.165, 1.54) is 12.8 Å². The first-order valence-corrected chi connectivity index (χ1v) is 8.23. The van der Waals surface area contributed by atoms with E-state index >= 15 is 0 Å². The first-order chi connectivity index (χ1) is 9.70. The Labute approximate surface area is 129 Å². The van der Waals surface area contributed by atoms with Crippen LogP contribution in [0, 0.1) is 5.92 Å². The summed E-state index contributed by atoms with van der Waals surface area (Å²) in [4.78, 5) is 12.2. The fourth-order valence-electron chi connectivity index (χ4n) is 2.45. The van der Waals surface area contributed by atoms with Crippen molar-refractivity contribution in [3.8, 4) is 5.75 Å². The maximum absolute atomic E-state index is 12.2. The minimum atomic E-state index is 0.133. The fourth-order valence-corrected chi connectivity index (χ4v) is 2.79. The Hall–Kier alpha value is -1.03. The molecule has 0 radical (unpaired) electrons. The van der Waals surface area contributed by atoms with Crippen molar-refractivity contribution in [3.63, 3.8) is 0 Å². The molecular formula is C16H22BrNO2. The van der Waals surface area contributed by atoms with E-state index in [2.05, 4.69) is 28.2 Å². The van der Waals surface area contributed by atoms with Crippen molar-refractivity contribution in [1.82, 2.24) is 0 Å². The van der Waals surface area contributed by atoms with Gasteiger partial charge in [0.25, 0.3) is 0 Å². The molecule has 0 aromatic heterocycles. The van der Waals surface area contributed by atoms with Crippen molar-refractivity contribution < 1.29 is 9.53 Å². The lowest BCUT2D eigenvalue weighted by molar-refractivity contribution is -0.119. The lowest BCUT2D eigenvalue weighted by Gasteiger charge is -2.13. The molecule has 0 heterocycles. The third-order valence-corrected chi connectivity index (χ3v) is 4.38. The normalized spacial score (nSPS) is 15.3.